The van der Waals surface area contributed by atoms with Gasteiger partial charge in [0.15, 0.2) is 0 Å². The van der Waals surface area contributed by atoms with E-state index in [9.17, 15) is 13.2 Å². The van der Waals surface area contributed by atoms with Crippen LogP contribution in [0.5, 0.6) is 0 Å². The predicted octanol–water partition coefficient (Wildman–Crippen LogP) is 1.63. The van der Waals surface area contributed by atoms with Gasteiger partial charge in [0.25, 0.3) is 10.1 Å². The summed E-state index contributed by atoms with van der Waals surface area (Å²) in [6, 6.07) is 0. The lowest BCUT2D eigenvalue weighted by Gasteiger charge is -2.24. The second-order valence-corrected chi connectivity index (χ2v) is 7.46. The van der Waals surface area contributed by atoms with Crippen molar-refractivity contribution >= 4 is 16.2 Å². The standard InChI is InChI=1S/C13H27NO6S/c1-6-21(16,17)19-11-10-18-9-7-8-14(5)12(15)20-13(2,3)4/h6-11H2,1-5H3. The van der Waals surface area contributed by atoms with Gasteiger partial charge in [-0.3, -0.25) is 4.18 Å². The number of carbonyl (C=O) groups is 1. The smallest absolute Gasteiger partial charge is 0.410 e. The molecule has 0 unspecified atom stereocenters. The molecule has 0 aliphatic heterocycles. The van der Waals surface area contributed by atoms with Crippen LogP contribution in [-0.2, 0) is 23.8 Å². The van der Waals surface area contributed by atoms with E-state index in [2.05, 4.69) is 4.18 Å². The van der Waals surface area contributed by atoms with E-state index in [4.69, 9.17) is 9.47 Å². The van der Waals surface area contributed by atoms with E-state index in [0.717, 1.165) is 0 Å². The number of amides is 1. The van der Waals surface area contributed by atoms with Gasteiger partial charge in [0.1, 0.15) is 5.60 Å². The molecule has 0 rings (SSSR count). The van der Waals surface area contributed by atoms with Crippen molar-refractivity contribution in [1.29, 1.82) is 0 Å². The van der Waals surface area contributed by atoms with Gasteiger partial charge >= 0.3 is 6.09 Å². The molecule has 0 atom stereocenters. The molecule has 0 radical (unpaired) electrons. The van der Waals surface area contributed by atoms with Crippen molar-refractivity contribution in [3.8, 4) is 0 Å². The molecular weight excluding hydrogens is 298 g/mol. The number of carbonyl (C=O) groups excluding carboxylic acids is 1. The average Bonchev–Trinajstić information content (AvgIpc) is 2.35. The van der Waals surface area contributed by atoms with Gasteiger partial charge in [-0.25, -0.2) is 4.79 Å². The molecule has 0 aromatic heterocycles. The highest BCUT2D eigenvalue weighted by Gasteiger charge is 2.19. The van der Waals surface area contributed by atoms with Gasteiger partial charge in [0.05, 0.1) is 19.0 Å². The van der Waals surface area contributed by atoms with Crippen molar-refractivity contribution in [3.63, 3.8) is 0 Å². The summed E-state index contributed by atoms with van der Waals surface area (Å²) in [5.74, 6) is -0.0479. The summed E-state index contributed by atoms with van der Waals surface area (Å²) >= 11 is 0. The SMILES string of the molecule is CCS(=O)(=O)OCCOCCCN(C)C(=O)OC(C)(C)C. The van der Waals surface area contributed by atoms with Crippen molar-refractivity contribution < 1.29 is 26.9 Å². The Kier molecular flexibility index (Phi) is 8.84. The molecule has 0 aliphatic carbocycles. The lowest BCUT2D eigenvalue weighted by Crippen LogP contribution is -2.35. The fourth-order valence-electron chi connectivity index (χ4n) is 1.24. The van der Waals surface area contributed by atoms with Crippen molar-refractivity contribution in [2.24, 2.45) is 0 Å². The third kappa shape index (κ3) is 11.5. The lowest BCUT2D eigenvalue weighted by atomic mass is 10.2. The van der Waals surface area contributed by atoms with Crippen molar-refractivity contribution in [1.82, 2.24) is 4.90 Å². The molecule has 0 aliphatic rings. The third-order valence-electron chi connectivity index (χ3n) is 2.33. The van der Waals surface area contributed by atoms with Crippen LogP contribution in [-0.4, -0.2) is 64.2 Å². The van der Waals surface area contributed by atoms with E-state index in [1.165, 1.54) is 11.8 Å². The molecule has 0 heterocycles. The molecule has 0 saturated heterocycles. The largest absolute Gasteiger partial charge is 0.444 e. The van der Waals surface area contributed by atoms with Crippen LogP contribution < -0.4 is 0 Å². The Morgan fingerprint density at radius 2 is 1.76 bits per heavy atom. The first-order valence-electron chi connectivity index (χ1n) is 6.96. The number of hydrogen-bond donors (Lipinski definition) is 0. The van der Waals surface area contributed by atoms with E-state index >= 15 is 0 Å². The molecule has 8 heteroatoms. The number of ether oxygens (including phenoxy) is 2. The average molecular weight is 325 g/mol. The second-order valence-electron chi connectivity index (χ2n) is 5.54. The molecule has 0 N–H and O–H groups in total. The van der Waals surface area contributed by atoms with Gasteiger partial charge in [0.2, 0.25) is 0 Å². The van der Waals surface area contributed by atoms with Gasteiger partial charge < -0.3 is 14.4 Å². The molecule has 0 aromatic carbocycles. The summed E-state index contributed by atoms with van der Waals surface area (Å²) < 4.78 is 37.2. The zero-order chi connectivity index (χ0) is 16.5. The monoisotopic (exact) mass is 325 g/mol. The zero-order valence-electron chi connectivity index (χ0n) is 13.5. The minimum absolute atomic E-state index is 0.0120. The maximum Gasteiger partial charge on any atom is 0.410 e. The number of hydrogen-bond acceptors (Lipinski definition) is 6. The number of nitrogens with zero attached hydrogens (tertiary/aromatic N) is 1. The molecule has 0 spiro atoms. The van der Waals surface area contributed by atoms with Crippen LogP contribution in [0.3, 0.4) is 0 Å². The second kappa shape index (κ2) is 9.22. The van der Waals surface area contributed by atoms with E-state index < -0.39 is 15.7 Å². The Hall–Kier alpha value is -0.860. The summed E-state index contributed by atoms with van der Waals surface area (Å²) in [5, 5.41) is 0. The highest BCUT2D eigenvalue weighted by molar-refractivity contribution is 7.86. The van der Waals surface area contributed by atoms with Crippen LogP contribution in [0.2, 0.25) is 0 Å². The molecule has 7 nitrogen and oxygen atoms in total. The summed E-state index contributed by atoms with van der Waals surface area (Å²) in [4.78, 5) is 13.1. The molecule has 0 bridgehead atoms. The summed E-state index contributed by atoms with van der Waals surface area (Å²) in [6.45, 7) is 8.09. The highest BCUT2D eigenvalue weighted by Crippen LogP contribution is 2.09. The number of rotatable bonds is 9. The van der Waals surface area contributed by atoms with Crippen molar-refractivity contribution in [2.75, 3.05) is 39.2 Å². The third-order valence-corrected chi connectivity index (χ3v) is 3.56. The summed E-state index contributed by atoms with van der Waals surface area (Å²) in [7, 11) is -1.75. The molecule has 126 valence electrons. The first-order valence-corrected chi connectivity index (χ1v) is 8.54. The normalized spacial score (nSPS) is 12.2. The van der Waals surface area contributed by atoms with Crippen LogP contribution >= 0.6 is 0 Å². The van der Waals surface area contributed by atoms with E-state index in [1.807, 2.05) is 20.8 Å². The first-order chi connectivity index (χ1) is 9.57. The fourth-order valence-corrected chi connectivity index (χ4v) is 1.73. The molecule has 21 heavy (non-hydrogen) atoms. The van der Waals surface area contributed by atoms with E-state index in [1.54, 1.807) is 7.05 Å². The lowest BCUT2D eigenvalue weighted by molar-refractivity contribution is 0.0274. The maximum absolute atomic E-state index is 11.6. The zero-order valence-corrected chi connectivity index (χ0v) is 14.4. The molecule has 0 saturated carbocycles. The van der Waals surface area contributed by atoms with Crippen LogP contribution in [0.4, 0.5) is 4.79 Å². The Balaban J connectivity index is 3.65. The maximum atomic E-state index is 11.6. The molecule has 0 fully saturated rings. The van der Waals surface area contributed by atoms with Gasteiger partial charge in [0, 0.05) is 20.2 Å². The molecule has 0 aromatic rings. The van der Waals surface area contributed by atoms with Gasteiger partial charge in [-0.2, -0.15) is 8.42 Å². The van der Waals surface area contributed by atoms with E-state index in [-0.39, 0.29) is 25.1 Å². The summed E-state index contributed by atoms with van der Waals surface area (Å²) in [5.41, 5.74) is -0.510. The van der Waals surface area contributed by atoms with Gasteiger partial charge in [-0.05, 0) is 34.1 Å². The Bertz CT molecular complexity index is 401. The van der Waals surface area contributed by atoms with Crippen LogP contribution in [0, 0.1) is 0 Å². The van der Waals surface area contributed by atoms with Crippen LogP contribution in [0.1, 0.15) is 34.1 Å². The van der Waals surface area contributed by atoms with Crippen LogP contribution in [0.25, 0.3) is 0 Å². The minimum Gasteiger partial charge on any atom is -0.444 e. The topological polar surface area (TPSA) is 82.1 Å². The summed E-state index contributed by atoms with van der Waals surface area (Å²) in [6.07, 6.45) is 0.260. The van der Waals surface area contributed by atoms with Gasteiger partial charge in [-0.1, -0.05) is 0 Å². The first kappa shape index (κ1) is 20.1. The molecular formula is C13H27NO6S. The minimum atomic E-state index is -3.40. The Morgan fingerprint density at radius 1 is 1.14 bits per heavy atom. The van der Waals surface area contributed by atoms with E-state index in [0.29, 0.717) is 19.6 Å². The van der Waals surface area contributed by atoms with Crippen molar-refractivity contribution in [3.05, 3.63) is 0 Å². The van der Waals surface area contributed by atoms with Gasteiger partial charge in [-0.15, -0.1) is 0 Å². The molecule has 1 amide bonds. The quantitative estimate of drug-likeness (QED) is 0.473. The fraction of sp³-hybridized carbons (Fsp3) is 0.923. The Morgan fingerprint density at radius 3 is 2.29 bits per heavy atom. The Labute approximate surface area is 127 Å². The van der Waals surface area contributed by atoms with Crippen LogP contribution in [0.15, 0.2) is 0 Å². The predicted molar refractivity (Wildman–Crippen MR) is 79.7 cm³/mol. The van der Waals surface area contributed by atoms with Crippen molar-refractivity contribution in [2.45, 2.75) is 39.7 Å². The highest BCUT2D eigenvalue weighted by atomic mass is 32.2.